The van der Waals surface area contributed by atoms with Crippen molar-refractivity contribution in [2.75, 3.05) is 38.9 Å². The van der Waals surface area contributed by atoms with Crippen LogP contribution in [0.4, 0.5) is 0 Å². The van der Waals surface area contributed by atoms with E-state index in [4.69, 9.17) is 0 Å². The van der Waals surface area contributed by atoms with E-state index in [0.29, 0.717) is 32.6 Å². The number of piperazine rings is 1. The van der Waals surface area contributed by atoms with E-state index in [0.717, 1.165) is 7.15 Å². The van der Waals surface area contributed by atoms with E-state index in [1.807, 2.05) is 4.90 Å². The third kappa shape index (κ3) is 3.17. The van der Waals surface area contributed by atoms with E-state index in [1.54, 1.807) is 0 Å². The van der Waals surface area contributed by atoms with E-state index in [2.05, 4.69) is 0 Å². The average molecular weight is 204 g/mol. The van der Waals surface area contributed by atoms with Crippen molar-refractivity contribution in [3.8, 4) is 0 Å². The van der Waals surface area contributed by atoms with Crippen molar-refractivity contribution in [3.05, 3.63) is 0 Å². The number of hydrogen-bond acceptors (Lipinski definition) is 4. The molecule has 1 aliphatic heterocycles. The van der Waals surface area contributed by atoms with Crippen LogP contribution < -0.4 is 0 Å². The summed E-state index contributed by atoms with van der Waals surface area (Å²) in [6.07, 6.45) is 1.61. The van der Waals surface area contributed by atoms with Gasteiger partial charge in [-0.15, -0.1) is 0 Å². The Hall–Kier alpha value is -0.265. The van der Waals surface area contributed by atoms with Crippen molar-refractivity contribution < 1.29 is 13.1 Å². The fourth-order valence-corrected chi connectivity index (χ4v) is 2.18. The Morgan fingerprint density at radius 2 is 1.77 bits per heavy atom. The quantitative estimate of drug-likeness (QED) is 0.529. The van der Waals surface area contributed by atoms with Crippen LogP contribution in [0.2, 0.25) is 0 Å². The predicted molar refractivity (Wildman–Crippen MR) is 49.3 cm³/mol. The minimum atomic E-state index is -3.05. The monoisotopic (exact) mass is 204 g/mol. The van der Waals surface area contributed by atoms with Gasteiger partial charge in [-0.2, -0.15) is 0 Å². The Balaban J connectivity index is 2.43. The van der Waals surface area contributed by atoms with Crippen LogP contribution in [-0.4, -0.2) is 63.7 Å². The molecule has 5 nitrogen and oxygen atoms in total. The maximum atomic E-state index is 11.1. The van der Waals surface area contributed by atoms with Gasteiger partial charge in [0.1, 0.15) is 0 Å². The van der Waals surface area contributed by atoms with Crippen LogP contribution in [0, 0.1) is 0 Å². The molecule has 74 valence electrons. The zero-order chi connectivity index (χ0) is 9.90. The van der Waals surface area contributed by atoms with Gasteiger partial charge < -0.3 is 0 Å². The van der Waals surface area contributed by atoms with Gasteiger partial charge in [0, 0.05) is 0 Å². The minimum absolute atomic E-state index is 0.400. The average Bonchev–Trinajstić information content (AvgIpc) is 2.04. The van der Waals surface area contributed by atoms with Crippen LogP contribution >= 0.6 is 0 Å². The molecule has 1 aliphatic rings. The van der Waals surface area contributed by atoms with Crippen molar-refractivity contribution in [2.45, 2.75) is 0 Å². The molecule has 0 aromatic heterocycles. The second-order valence-electron chi connectivity index (χ2n) is 3.13. The molecule has 0 amide bonds. The summed E-state index contributed by atoms with van der Waals surface area (Å²) >= 11 is 0. The zero-order valence-corrected chi connectivity index (χ0v) is 8.46. The van der Waals surface area contributed by atoms with Crippen LogP contribution in [0.25, 0.3) is 0 Å². The summed E-state index contributed by atoms with van der Waals surface area (Å²) in [6, 6.07) is 0. The van der Waals surface area contributed by atoms with Gasteiger partial charge in [-0.3, -0.25) is 0 Å². The Morgan fingerprint density at radius 1 is 1.23 bits per heavy atom. The van der Waals surface area contributed by atoms with Crippen molar-refractivity contribution in [2.24, 2.45) is 0 Å². The SMILES string of the molecule is CS(=O)(=O)N1CCN(CB=O)CC1. The van der Waals surface area contributed by atoms with E-state index in [-0.39, 0.29) is 0 Å². The first-order chi connectivity index (χ1) is 6.04. The summed E-state index contributed by atoms with van der Waals surface area (Å²) < 4.78 is 33.8. The molecule has 0 spiro atoms. The summed E-state index contributed by atoms with van der Waals surface area (Å²) in [4.78, 5) is 1.94. The molecule has 0 unspecified atom stereocenters. The van der Waals surface area contributed by atoms with Gasteiger partial charge in [0.05, 0.1) is 0 Å². The number of rotatable bonds is 3. The van der Waals surface area contributed by atoms with Gasteiger partial charge >= 0.3 is 78.4 Å². The molecule has 1 heterocycles. The summed E-state index contributed by atoms with van der Waals surface area (Å²) in [6.45, 7) is 2.27. The van der Waals surface area contributed by atoms with Crippen molar-refractivity contribution in [1.82, 2.24) is 9.21 Å². The van der Waals surface area contributed by atoms with Crippen molar-refractivity contribution in [3.63, 3.8) is 0 Å². The molecule has 0 aromatic rings. The first kappa shape index (κ1) is 10.8. The van der Waals surface area contributed by atoms with E-state index in [9.17, 15) is 13.1 Å². The molecule has 13 heavy (non-hydrogen) atoms. The molecular weight excluding hydrogens is 191 g/mol. The summed E-state index contributed by atoms with van der Waals surface area (Å²) in [5.41, 5.74) is 0. The first-order valence-corrected chi connectivity index (χ1v) is 6.00. The molecule has 1 fully saturated rings. The van der Waals surface area contributed by atoms with Gasteiger partial charge in [-0.05, 0) is 0 Å². The van der Waals surface area contributed by atoms with Gasteiger partial charge in [0.15, 0.2) is 0 Å². The van der Waals surface area contributed by atoms with Crippen LogP contribution in [0.5, 0.6) is 0 Å². The summed E-state index contributed by atoms with van der Waals surface area (Å²) in [7, 11) is -2.20. The van der Waals surface area contributed by atoms with E-state index < -0.39 is 10.0 Å². The van der Waals surface area contributed by atoms with Gasteiger partial charge in [0.25, 0.3) is 0 Å². The number of nitrogens with zero attached hydrogens (tertiary/aromatic N) is 2. The standard InChI is InChI=1S/C6H13BN2O3S/c1-13(11,12)9-4-2-8(3-5-9)6-7-10/h2-6H2,1H3. The third-order valence-electron chi connectivity index (χ3n) is 2.13. The Labute approximate surface area is 79.0 Å². The second-order valence-corrected chi connectivity index (χ2v) is 5.11. The van der Waals surface area contributed by atoms with Crippen molar-refractivity contribution >= 4 is 17.2 Å². The first-order valence-electron chi connectivity index (χ1n) is 4.15. The summed E-state index contributed by atoms with van der Waals surface area (Å²) in [5.74, 6) is 0. The molecule has 0 N–H and O–H groups in total. The normalized spacial score (nSPS) is 21.3. The van der Waals surface area contributed by atoms with Crippen LogP contribution in [-0.2, 0) is 14.7 Å². The molecule has 7 heteroatoms. The van der Waals surface area contributed by atoms with Gasteiger partial charge in [-0.1, -0.05) is 0 Å². The van der Waals surface area contributed by atoms with Crippen LogP contribution in [0.15, 0.2) is 0 Å². The molecule has 0 atom stereocenters. The molecule has 0 aliphatic carbocycles. The van der Waals surface area contributed by atoms with E-state index in [1.165, 1.54) is 10.6 Å². The number of hydrogen-bond donors (Lipinski definition) is 0. The molecule has 1 saturated heterocycles. The zero-order valence-electron chi connectivity index (χ0n) is 7.64. The summed E-state index contributed by atoms with van der Waals surface area (Å²) in [5, 5.41) is 0. The molecule has 1 rings (SSSR count). The van der Waals surface area contributed by atoms with Crippen molar-refractivity contribution in [1.29, 1.82) is 0 Å². The van der Waals surface area contributed by atoms with E-state index >= 15 is 0 Å². The van der Waals surface area contributed by atoms with Crippen LogP contribution in [0.3, 0.4) is 0 Å². The molecule has 0 radical (unpaired) electrons. The van der Waals surface area contributed by atoms with Crippen LogP contribution in [0.1, 0.15) is 0 Å². The predicted octanol–water partition coefficient (Wildman–Crippen LogP) is -1.43. The number of sulfonamides is 1. The molecule has 0 bridgehead atoms. The Bertz CT molecular complexity index is 272. The van der Waals surface area contributed by atoms with Gasteiger partial charge in [-0.25, -0.2) is 0 Å². The van der Waals surface area contributed by atoms with Gasteiger partial charge in [0.2, 0.25) is 0 Å². The molecular formula is C6H13BN2O3S. The Morgan fingerprint density at radius 3 is 2.15 bits per heavy atom. The third-order valence-corrected chi connectivity index (χ3v) is 3.44. The Kier molecular flexibility index (Phi) is 3.58. The fourth-order valence-electron chi connectivity index (χ4n) is 1.35. The fraction of sp³-hybridized carbons (Fsp3) is 1.00. The maximum absolute atomic E-state index is 11.1. The molecule has 0 saturated carbocycles. The topological polar surface area (TPSA) is 57.7 Å². The second kappa shape index (κ2) is 4.30. The molecule has 0 aromatic carbocycles.